The van der Waals surface area contributed by atoms with Gasteiger partial charge in [-0.3, -0.25) is 4.79 Å². The highest BCUT2D eigenvalue weighted by molar-refractivity contribution is 5.94. The molecule has 0 spiro atoms. The van der Waals surface area contributed by atoms with E-state index in [-0.39, 0.29) is 17.4 Å². The van der Waals surface area contributed by atoms with E-state index in [0.29, 0.717) is 26.3 Å². The number of carbonyl (C=O) groups excluding carboxylic acids is 1. The van der Waals surface area contributed by atoms with E-state index in [1.807, 2.05) is 30.3 Å². The molecule has 6 heteroatoms. The molecule has 27 heavy (non-hydrogen) atoms. The molecular formula is C21H22F3NO2. The second-order valence-corrected chi connectivity index (χ2v) is 6.84. The molecule has 0 aromatic heterocycles. The first-order valence-electron chi connectivity index (χ1n) is 9.01. The fourth-order valence-electron chi connectivity index (χ4n) is 3.31. The number of piperidine rings is 1. The molecule has 1 fully saturated rings. The molecule has 1 amide bonds. The molecule has 1 aliphatic rings. The summed E-state index contributed by atoms with van der Waals surface area (Å²) >= 11 is 0. The van der Waals surface area contributed by atoms with Crippen molar-refractivity contribution in [2.45, 2.75) is 25.6 Å². The predicted molar refractivity (Wildman–Crippen MR) is 96.2 cm³/mol. The second-order valence-electron chi connectivity index (χ2n) is 6.84. The van der Waals surface area contributed by atoms with Crippen LogP contribution in [0, 0.1) is 5.92 Å². The summed E-state index contributed by atoms with van der Waals surface area (Å²) < 4.78 is 44.4. The number of rotatable bonds is 5. The lowest BCUT2D eigenvalue weighted by molar-refractivity contribution is -0.137. The van der Waals surface area contributed by atoms with Crippen LogP contribution in [0.4, 0.5) is 13.2 Å². The van der Waals surface area contributed by atoms with Crippen molar-refractivity contribution in [1.82, 2.24) is 4.90 Å². The Hall–Kier alpha value is -2.34. The molecule has 0 saturated carbocycles. The summed E-state index contributed by atoms with van der Waals surface area (Å²) in [6.07, 6.45) is -2.68. The summed E-state index contributed by atoms with van der Waals surface area (Å²) in [4.78, 5) is 14.3. The maximum Gasteiger partial charge on any atom is 0.416 e. The molecule has 3 nitrogen and oxygen atoms in total. The van der Waals surface area contributed by atoms with Gasteiger partial charge in [0.25, 0.3) is 5.91 Å². The van der Waals surface area contributed by atoms with Crippen molar-refractivity contribution >= 4 is 5.91 Å². The van der Waals surface area contributed by atoms with Crippen LogP contribution in [0.3, 0.4) is 0 Å². The van der Waals surface area contributed by atoms with Gasteiger partial charge in [-0.05, 0) is 42.5 Å². The van der Waals surface area contributed by atoms with Crippen molar-refractivity contribution in [3.63, 3.8) is 0 Å². The van der Waals surface area contributed by atoms with Crippen LogP contribution < -0.4 is 0 Å². The third-order valence-corrected chi connectivity index (χ3v) is 4.71. The molecule has 1 heterocycles. The van der Waals surface area contributed by atoms with Crippen LogP contribution in [0.25, 0.3) is 0 Å². The molecule has 144 valence electrons. The molecule has 1 saturated heterocycles. The third-order valence-electron chi connectivity index (χ3n) is 4.71. The predicted octanol–water partition coefficient (Wildman–Crippen LogP) is 4.77. The number of alkyl halides is 3. The number of hydrogen-bond donors (Lipinski definition) is 0. The van der Waals surface area contributed by atoms with Crippen LogP contribution in [-0.2, 0) is 17.5 Å². The molecule has 2 aromatic carbocycles. The number of benzene rings is 2. The molecule has 0 radical (unpaired) electrons. The maximum atomic E-state index is 12.9. The summed E-state index contributed by atoms with van der Waals surface area (Å²) in [7, 11) is 0. The van der Waals surface area contributed by atoms with Gasteiger partial charge in [-0.1, -0.05) is 36.4 Å². The van der Waals surface area contributed by atoms with Crippen LogP contribution in [0.15, 0.2) is 54.6 Å². The summed E-state index contributed by atoms with van der Waals surface area (Å²) in [6, 6.07) is 14.5. The molecule has 0 aliphatic carbocycles. The third kappa shape index (κ3) is 5.32. The minimum absolute atomic E-state index is 0.0793. The Morgan fingerprint density at radius 3 is 2.63 bits per heavy atom. The maximum absolute atomic E-state index is 12.9. The van der Waals surface area contributed by atoms with Crippen molar-refractivity contribution in [1.29, 1.82) is 0 Å². The largest absolute Gasteiger partial charge is 0.416 e. The lowest BCUT2D eigenvalue weighted by Crippen LogP contribution is -2.41. The second kappa shape index (κ2) is 8.57. The Balaban J connectivity index is 1.56. The lowest BCUT2D eigenvalue weighted by Gasteiger charge is -2.32. The van der Waals surface area contributed by atoms with Crippen molar-refractivity contribution < 1.29 is 22.7 Å². The van der Waals surface area contributed by atoms with Crippen molar-refractivity contribution in [2.24, 2.45) is 5.92 Å². The van der Waals surface area contributed by atoms with Gasteiger partial charge < -0.3 is 9.64 Å². The first kappa shape index (κ1) is 19.4. The summed E-state index contributed by atoms with van der Waals surface area (Å²) in [5.41, 5.74) is 0.369. The van der Waals surface area contributed by atoms with Gasteiger partial charge in [-0.2, -0.15) is 13.2 Å². The van der Waals surface area contributed by atoms with Crippen molar-refractivity contribution in [3.05, 3.63) is 71.3 Å². The minimum Gasteiger partial charge on any atom is -0.376 e. The van der Waals surface area contributed by atoms with Gasteiger partial charge in [0, 0.05) is 18.7 Å². The molecule has 1 atom stereocenters. The highest BCUT2D eigenvalue weighted by Gasteiger charge is 2.32. The van der Waals surface area contributed by atoms with Crippen LogP contribution in [-0.4, -0.2) is 30.5 Å². The Morgan fingerprint density at radius 2 is 1.89 bits per heavy atom. The van der Waals surface area contributed by atoms with Crippen molar-refractivity contribution in [3.8, 4) is 0 Å². The van der Waals surface area contributed by atoms with Gasteiger partial charge in [0.2, 0.25) is 0 Å². The smallest absolute Gasteiger partial charge is 0.376 e. The van der Waals surface area contributed by atoms with E-state index in [9.17, 15) is 18.0 Å². The molecule has 1 aliphatic heterocycles. The number of amides is 1. The number of nitrogens with zero attached hydrogens (tertiary/aromatic N) is 1. The van der Waals surface area contributed by atoms with Gasteiger partial charge in [0.05, 0.1) is 18.8 Å². The summed E-state index contributed by atoms with van der Waals surface area (Å²) in [6.45, 7) is 2.11. The average molecular weight is 377 g/mol. The number of halogens is 3. The normalized spacial score (nSPS) is 17.7. The van der Waals surface area contributed by atoms with Crippen LogP contribution in [0.2, 0.25) is 0 Å². The Bertz CT molecular complexity index is 762. The van der Waals surface area contributed by atoms with Gasteiger partial charge in [-0.25, -0.2) is 0 Å². The van der Waals surface area contributed by atoms with Crippen molar-refractivity contribution in [2.75, 3.05) is 19.7 Å². The molecule has 0 N–H and O–H groups in total. The molecule has 3 rings (SSSR count). The Labute approximate surface area is 156 Å². The van der Waals surface area contributed by atoms with Crippen LogP contribution in [0.1, 0.15) is 34.3 Å². The van der Waals surface area contributed by atoms with E-state index in [2.05, 4.69) is 0 Å². The summed E-state index contributed by atoms with van der Waals surface area (Å²) in [5, 5.41) is 0. The molecule has 1 unspecified atom stereocenters. The zero-order valence-electron chi connectivity index (χ0n) is 14.9. The summed E-state index contributed by atoms with van der Waals surface area (Å²) in [5.74, 6) is -0.161. The minimum atomic E-state index is -4.45. The van der Waals surface area contributed by atoms with Crippen LogP contribution >= 0.6 is 0 Å². The van der Waals surface area contributed by atoms with Gasteiger partial charge in [0.15, 0.2) is 0 Å². The van der Waals surface area contributed by atoms with E-state index in [1.165, 1.54) is 12.1 Å². The number of carbonyl (C=O) groups is 1. The first-order chi connectivity index (χ1) is 12.9. The Morgan fingerprint density at radius 1 is 1.11 bits per heavy atom. The quantitative estimate of drug-likeness (QED) is 0.751. The number of hydrogen-bond acceptors (Lipinski definition) is 2. The fourth-order valence-corrected chi connectivity index (χ4v) is 3.31. The lowest BCUT2D eigenvalue weighted by atomic mass is 9.98. The number of likely N-dealkylation sites (tertiary alicyclic amines) is 1. The SMILES string of the molecule is O=C(c1cccc(C(F)(F)F)c1)N1CCCC(COCc2ccccc2)C1. The molecular weight excluding hydrogens is 355 g/mol. The Kier molecular flexibility index (Phi) is 6.16. The van der Waals surface area contributed by atoms with E-state index >= 15 is 0 Å². The zero-order chi connectivity index (χ0) is 19.3. The zero-order valence-corrected chi connectivity index (χ0v) is 14.9. The van der Waals surface area contributed by atoms with Gasteiger partial charge >= 0.3 is 6.18 Å². The van der Waals surface area contributed by atoms with E-state index in [1.54, 1.807) is 4.90 Å². The van der Waals surface area contributed by atoms with Crippen LogP contribution in [0.5, 0.6) is 0 Å². The fraction of sp³-hybridized carbons (Fsp3) is 0.381. The highest BCUT2D eigenvalue weighted by Crippen LogP contribution is 2.30. The molecule has 2 aromatic rings. The van der Waals surface area contributed by atoms with E-state index < -0.39 is 11.7 Å². The standard InChI is InChI=1S/C21H22F3NO2/c22-21(23,24)19-10-4-9-18(12-19)20(26)25-11-5-8-17(13-25)15-27-14-16-6-2-1-3-7-16/h1-4,6-7,9-10,12,17H,5,8,11,13-15H2. The number of ether oxygens (including phenoxy) is 1. The monoisotopic (exact) mass is 377 g/mol. The highest BCUT2D eigenvalue weighted by atomic mass is 19.4. The van der Waals surface area contributed by atoms with E-state index in [4.69, 9.17) is 4.74 Å². The molecule has 0 bridgehead atoms. The topological polar surface area (TPSA) is 29.5 Å². The van der Waals surface area contributed by atoms with E-state index in [0.717, 1.165) is 30.5 Å². The van der Waals surface area contributed by atoms with Gasteiger partial charge in [0.1, 0.15) is 0 Å². The first-order valence-corrected chi connectivity index (χ1v) is 9.01. The van der Waals surface area contributed by atoms with Gasteiger partial charge in [-0.15, -0.1) is 0 Å². The average Bonchev–Trinajstić information content (AvgIpc) is 2.68.